The van der Waals surface area contributed by atoms with E-state index in [1.54, 1.807) is 6.08 Å². The zero-order valence-corrected chi connectivity index (χ0v) is 7.82. The van der Waals surface area contributed by atoms with E-state index in [2.05, 4.69) is 6.08 Å². The molecule has 0 saturated carbocycles. The summed E-state index contributed by atoms with van der Waals surface area (Å²) < 4.78 is 12.7. The summed E-state index contributed by atoms with van der Waals surface area (Å²) in [6, 6.07) is 0. The molecule has 0 nitrogen and oxygen atoms in total. The van der Waals surface area contributed by atoms with Crippen LogP contribution in [0.5, 0.6) is 0 Å². The first-order valence-corrected chi connectivity index (χ1v) is 4.24. The fourth-order valence-electron chi connectivity index (χ4n) is 0.894. The van der Waals surface area contributed by atoms with Crippen LogP contribution >= 0.6 is 0 Å². The van der Waals surface area contributed by atoms with Gasteiger partial charge in [0.15, 0.2) is 0 Å². The summed E-state index contributed by atoms with van der Waals surface area (Å²) in [5.41, 5.74) is 0. The molecule has 1 rings (SSSR count). The van der Waals surface area contributed by atoms with Gasteiger partial charge >= 0.3 is 0 Å². The van der Waals surface area contributed by atoms with Gasteiger partial charge in [0.1, 0.15) is 5.83 Å². The predicted molar refractivity (Wildman–Crippen MR) is 41.0 cm³/mol. The van der Waals surface area contributed by atoms with Crippen molar-refractivity contribution >= 4 is 10.2 Å². The van der Waals surface area contributed by atoms with Gasteiger partial charge in [0.05, 0.1) is 0 Å². The average Bonchev–Trinajstić information content (AvgIpc) is 1.80. The molecule has 0 aliphatic heterocycles. The lowest BCUT2D eigenvalue weighted by atomic mass is 10.0. The van der Waals surface area contributed by atoms with Crippen LogP contribution in [-0.4, -0.2) is 10.2 Å². The van der Waals surface area contributed by atoms with Crippen LogP contribution in [0, 0.1) is 5.92 Å². The second-order valence-corrected chi connectivity index (χ2v) is 3.77. The Bertz CT molecular complexity index is 170. The number of rotatable bonds is 0. The summed E-state index contributed by atoms with van der Waals surface area (Å²) in [6.07, 6.45) is 4.68. The Morgan fingerprint density at radius 1 is 1.78 bits per heavy atom. The molecule has 0 spiro atoms. The van der Waals surface area contributed by atoms with Crippen LogP contribution in [0.3, 0.4) is 0 Å². The SMILES string of the molecule is C[C@H]1CC=C([SiH3])C=C1F. The van der Waals surface area contributed by atoms with Gasteiger partial charge in [0, 0.05) is 16.2 Å². The Balaban J connectivity index is 2.74. The highest BCUT2D eigenvalue weighted by molar-refractivity contribution is 6.23. The number of hydrogen-bond donors (Lipinski definition) is 0. The first kappa shape index (κ1) is 6.74. The summed E-state index contributed by atoms with van der Waals surface area (Å²) >= 11 is 0. The van der Waals surface area contributed by atoms with E-state index in [1.165, 1.54) is 5.20 Å². The monoisotopic (exact) mass is 142 g/mol. The van der Waals surface area contributed by atoms with Crippen LogP contribution in [0.1, 0.15) is 13.3 Å². The molecule has 1 aliphatic rings. The maximum absolute atomic E-state index is 12.7. The fraction of sp³-hybridized carbons (Fsp3) is 0.429. The van der Waals surface area contributed by atoms with E-state index in [0.29, 0.717) is 0 Å². The van der Waals surface area contributed by atoms with Crippen molar-refractivity contribution in [3.05, 3.63) is 23.2 Å². The van der Waals surface area contributed by atoms with Crippen molar-refractivity contribution in [2.75, 3.05) is 0 Å². The average molecular weight is 142 g/mol. The van der Waals surface area contributed by atoms with Crippen molar-refractivity contribution in [1.29, 1.82) is 0 Å². The molecule has 0 radical (unpaired) electrons. The Morgan fingerprint density at radius 3 is 2.89 bits per heavy atom. The molecule has 0 aromatic heterocycles. The third-order valence-electron chi connectivity index (χ3n) is 1.63. The first-order chi connectivity index (χ1) is 4.20. The molecule has 0 saturated heterocycles. The minimum Gasteiger partial charge on any atom is -0.212 e. The summed E-state index contributed by atoms with van der Waals surface area (Å²) in [5, 5.41) is 1.19. The smallest absolute Gasteiger partial charge is 0.103 e. The maximum atomic E-state index is 12.7. The molecule has 0 aromatic carbocycles. The van der Waals surface area contributed by atoms with Crippen molar-refractivity contribution in [3.8, 4) is 0 Å². The molecule has 0 aromatic rings. The third kappa shape index (κ3) is 1.51. The summed E-state index contributed by atoms with van der Waals surface area (Å²) in [6.45, 7) is 1.91. The Kier molecular flexibility index (Phi) is 1.86. The van der Waals surface area contributed by atoms with Gasteiger partial charge < -0.3 is 0 Å². The maximum Gasteiger partial charge on any atom is 0.103 e. The van der Waals surface area contributed by atoms with E-state index in [4.69, 9.17) is 0 Å². The van der Waals surface area contributed by atoms with Crippen molar-refractivity contribution in [2.24, 2.45) is 5.92 Å². The van der Waals surface area contributed by atoms with Gasteiger partial charge in [-0.15, -0.1) is 0 Å². The molecule has 9 heavy (non-hydrogen) atoms. The molecule has 1 atom stereocenters. The summed E-state index contributed by atoms with van der Waals surface area (Å²) in [7, 11) is 0.975. The molecule has 50 valence electrons. The molecule has 0 fully saturated rings. The quantitative estimate of drug-likeness (QED) is 0.445. The normalized spacial score (nSPS) is 27.6. The van der Waals surface area contributed by atoms with Gasteiger partial charge in [-0.3, -0.25) is 0 Å². The first-order valence-electron chi connectivity index (χ1n) is 3.24. The molecule has 2 heteroatoms. The zero-order valence-electron chi connectivity index (χ0n) is 5.82. The van der Waals surface area contributed by atoms with E-state index in [0.717, 1.165) is 16.7 Å². The summed E-state index contributed by atoms with van der Waals surface area (Å²) in [4.78, 5) is 0. The lowest BCUT2D eigenvalue weighted by molar-refractivity contribution is 0.490. The second-order valence-electron chi connectivity index (χ2n) is 2.61. The predicted octanol–water partition coefficient (Wildman–Crippen LogP) is 1.13. The van der Waals surface area contributed by atoms with Crippen LogP contribution in [0.15, 0.2) is 23.2 Å². The molecule has 0 bridgehead atoms. The molecule has 0 heterocycles. The number of hydrogen-bond acceptors (Lipinski definition) is 0. The lowest BCUT2D eigenvalue weighted by Crippen LogP contribution is -1.99. The van der Waals surface area contributed by atoms with Gasteiger partial charge in [-0.05, 0) is 12.5 Å². The minimum absolute atomic E-state index is 0.0579. The van der Waals surface area contributed by atoms with Crippen LogP contribution in [0.25, 0.3) is 0 Å². The largest absolute Gasteiger partial charge is 0.212 e. The van der Waals surface area contributed by atoms with E-state index in [1.807, 2.05) is 6.92 Å². The van der Waals surface area contributed by atoms with Crippen LogP contribution < -0.4 is 0 Å². The summed E-state index contributed by atoms with van der Waals surface area (Å²) in [5.74, 6) is 0.185. The lowest BCUT2D eigenvalue weighted by Gasteiger charge is -2.11. The number of halogens is 1. The molecule has 0 amide bonds. The minimum atomic E-state index is 0.0579. The molecular formula is C7H11FSi. The van der Waals surface area contributed by atoms with Crippen molar-refractivity contribution in [2.45, 2.75) is 13.3 Å². The van der Waals surface area contributed by atoms with Crippen LogP contribution in [-0.2, 0) is 0 Å². The van der Waals surface area contributed by atoms with Gasteiger partial charge in [-0.1, -0.05) is 18.2 Å². The number of allylic oxidation sites excluding steroid dienone is 4. The van der Waals surface area contributed by atoms with Crippen molar-refractivity contribution < 1.29 is 4.39 Å². The molecule has 0 N–H and O–H groups in total. The topological polar surface area (TPSA) is 0 Å². The van der Waals surface area contributed by atoms with E-state index in [-0.39, 0.29) is 11.7 Å². The van der Waals surface area contributed by atoms with E-state index in [9.17, 15) is 4.39 Å². The highest BCUT2D eigenvalue weighted by Gasteiger charge is 2.09. The van der Waals surface area contributed by atoms with Crippen molar-refractivity contribution in [1.82, 2.24) is 0 Å². The molecular weight excluding hydrogens is 131 g/mol. The fourth-order valence-corrected chi connectivity index (χ4v) is 1.41. The van der Waals surface area contributed by atoms with Gasteiger partial charge in [-0.2, -0.15) is 0 Å². The van der Waals surface area contributed by atoms with Crippen LogP contribution in [0.2, 0.25) is 0 Å². The zero-order chi connectivity index (χ0) is 6.85. The Hall–Kier alpha value is -0.373. The van der Waals surface area contributed by atoms with Gasteiger partial charge in [0.25, 0.3) is 0 Å². The van der Waals surface area contributed by atoms with Gasteiger partial charge in [0.2, 0.25) is 0 Å². The second kappa shape index (κ2) is 2.48. The van der Waals surface area contributed by atoms with E-state index >= 15 is 0 Å². The Morgan fingerprint density at radius 2 is 2.44 bits per heavy atom. The highest BCUT2D eigenvalue weighted by atomic mass is 28.1. The van der Waals surface area contributed by atoms with Crippen LogP contribution in [0.4, 0.5) is 4.39 Å². The third-order valence-corrected chi connectivity index (χ3v) is 2.33. The standard InChI is InChI=1S/C7H11FSi/c1-5-2-3-6(9)4-7(5)8/h3-5H,2H2,1,9H3/t5-/m0/s1. The molecule has 0 unspecified atom stereocenters. The molecule has 1 aliphatic carbocycles. The van der Waals surface area contributed by atoms with E-state index < -0.39 is 0 Å². The van der Waals surface area contributed by atoms with Gasteiger partial charge in [-0.25, -0.2) is 4.39 Å². The highest BCUT2D eigenvalue weighted by Crippen LogP contribution is 2.22. The van der Waals surface area contributed by atoms with Crippen molar-refractivity contribution in [3.63, 3.8) is 0 Å². The Labute approximate surface area is 57.9 Å².